The molecule has 13 rings (SSSR count). The maximum atomic E-state index is 11.0. The summed E-state index contributed by atoms with van der Waals surface area (Å²) in [6.07, 6.45) is 0. The highest BCUT2D eigenvalue weighted by atomic mass is 32.1. The topological polar surface area (TPSA) is 42.9 Å². The Morgan fingerprint density at radius 1 is 0.433 bits per heavy atom. The first-order chi connectivity index (χ1) is 29.7. The highest BCUT2D eigenvalue weighted by Gasteiger charge is 2.23. The van der Waals surface area contributed by atoms with Crippen LogP contribution in [0, 0.1) is 17.9 Å². The Balaban J connectivity index is 1.10. The minimum Gasteiger partial charge on any atom is -0.319 e. The van der Waals surface area contributed by atoms with Crippen LogP contribution in [0.2, 0.25) is 0 Å². The zero-order valence-corrected chi connectivity index (χ0v) is 32.7. The van der Waals surface area contributed by atoms with Crippen LogP contribution in [0.25, 0.3) is 118 Å². The fourth-order valence-electron chi connectivity index (χ4n) is 9.93. The average Bonchev–Trinajstić information content (AvgIpc) is 4.03. The Kier molecular flexibility index (Phi) is 6.67. The summed E-state index contributed by atoms with van der Waals surface area (Å²) in [4.78, 5) is 4.22. The Labute approximate surface area is 346 Å². The van der Waals surface area contributed by atoms with Crippen LogP contribution in [-0.4, -0.2) is 13.7 Å². The van der Waals surface area contributed by atoms with Gasteiger partial charge in [0.1, 0.15) is 6.07 Å². The molecule has 0 atom stereocenters. The number of nitriles is 1. The normalized spacial score (nSPS) is 12.0. The van der Waals surface area contributed by atoms with Crippen molar-refractivity contribution < 1.29 is 0 Å². The summed E-state index contributed by atoms with van der Waals surface area (Å²) in [6, 6.07) is 64.6. The largest absolute Gasteiger partial charge is 0.319 e. The Hall–Kier alpha value is -8.16. The van der Waals surface area contributed by atoms with Gasteiger partial charge in [0.2, 0.25) is 5.69 Å². The van der Waals surface area contributed by atoms with E-state index < -0.39 is 0 Å². The SMILES string of the molecule is [C-]#[N+]c1cc(-n2c3ccccc3c3cc4c(cc32)sc2ccccc24)c(C#N)cc1-n1c2ccc(-n3c4ccccc4c4ccccc43)cc2c2c3ccccc3ccc21. The molecule has 0 N–H and O–H groups in total. The lowest BCUT2D eigenvalue weighted by atomic mass is 10.0. The first kappa shape index (κ1) is 32.9. The van der Waals surface area contributed by atoms with E-state index in [1.165, 1.54) is 30.9 Å². The Morgan fingerprint density at radius 3 is 1.77 bits per heavy atom. The van der Waals surface area contributed by atoms with Gasteiger partial charge in [0.05, 0.1) is 56.6 Å². The molecule has 0 fully saturated rings. The summed E-state index contributed by atoms with van der Waals surface area (Å²) in [5, 5.41) is 22.6. The number of benzene rings is 9. The molecule has 276 valence electrons. The molecule has 0 amide bonds. The summed E-state index contributed by atoms with van der Waals surface area (Å²) in [5.74, 6) is 0. The number of rotatable bonds is 3. The molecule has 9 aromatic carbocycles. The monoisotopic (exact) mass is 779 g/mol. The smallest absolute Gasteiger partial charge is 0.212 e. The highest BCUT2D eigenvalue weighted by Crippen LogP contribution is 2.45. The van der Waals surface area contributed by atoms with E-state index in [1.807, 2.05) is 18.2 Å². The number of fused-ring (bicyclic) bond motifs is 14. The van der Waals surface area contributed by atoms with Crippen LogP contribution in [0.1, 0.15) is 5.56 Å². The number of hydrogen-bond acceptors (Lipinski definition) is 2. The highest BCUT2D eigenvalue weighted by molar-refractivity contribution is 7.25. The average molecular weight is 780 g/mol. The molecule has 5 nitrogen and oxygen atoms in total. The van der Waals surface area contributed by atoms with Gasteiger partial charge in [-0.25, -0.2) is 4.85 Å². The standard InChI is InChI=1S/C54H29N5S/c1-56-43-29-49(59-46-20-10-6-16-38(46)40-28-41-39-17-7-11-21-52(39)60-53(41)30-50(40)59)33(31-55)26-51(43)58-47-25-23-34(27-42(47)54-35-13-3-2-12-32(35)22-24-48(54)58)57-44-18-8-4-14-36(44)37-15-5-9-19-45(37)57/h2-30H. The molecule has 0 saturated carbocycles. The van der Waals surface area contributed by atoms with E-state index in [-0.39, 0.29) is 0 Å². The molecule has 0 aliphatic carbocycles. The third-order valence-electron chi connectivity index (χ3n) is 12.5. The summed E-state index contributed by atoms with van der Waals surface area (Å²) in [7, 11) is 0. The van der Waals surface area contributed by atoms with Crippen LogP contribution in [0.4, 0.5) is 5.69 Å². The third-order valence-corrected chi connectivity index (χ3v) is 13.6. The van der Waals surface area contributed by atoms with Crippen molar-refractivity contribution >= 4 is 113 Å². The van der Waals surface area contributed by atoms with Crippen LogP contribution in [0.15, 0.2) is 176 Å². The Bertz CT molecular complexity index is 4050. The zero-order chi connectivity index (χ0) is 39.6. The van der Waals surface area contributed by atoms with Gasteiger partial charge in [0.25, 0.3) is 0 Å². The molecule has 0 saturated heterocycles. The van der Waals surface area contributed by atoms with Gasteiger partial charge in [-0.2, -0.15) is 5.26 Å². The van der Waals surface area contributed by atoms with E-state index in [2.05, 4.69) is 182 Å². The molecule has 0 unspecified atom stereocenters. The van der Waals surface area contributed by atoms with Gasteiger partial charge in [-0.3, -0.25) is 0 Å². The zero-order valence-electron chi connectivity index (χ0n) is 31.9. The van der Waals surface area contributed by atoms with Crippen molar-refractivity contribution in [3.8, 4) is 23.1 Å². The van der Waals surface area contributed by atoms with Gasteiger partial charge in [0, 0.05) is 58.2 Å². The van der Waals surface area contributed by atoms with Gasteiger partial charge in [0.15, 0.2) is 0 Å². The molecule has 6 heteroatoms. The van der Waals surface area contributed by atoms with E-state index in [0.717, 1.165) is 71.1 Å². The van der Waals surface area contributed by atoms with Crippen LogP contribution in [-0.2, 0) is 0 Å². The molecule has 4 aromatic heterocycles. The summed E-state index contributed by atoms with van der Waals surface area (Å²) in [5.41, 5.74) is 9.65. The van der Waals surface area contributed by atoms with E-state index in [4.69, 9.17) is 6.57 Å². The van der Waals surface area contributed by atoms with Crippen molar-refractivity contribution in [3.63, 3.8) is 0 Å². The van der Waals surface area contributed by atoms with Gasteiger partial charge >= 0.3 is 0 Å². The van der Waals surface area contributed by atoms with Crippen LogP contribution >= 0.6 is 11.3 Å². The molecular weight excluding hydrogens is 751 g/mol. The predicted octanol–water partition coefficient (Wildman–Crippen LogP) is 14.9. The Morgan fingerprint density at radius 2 is 1.03 bits per heavy atom. The fourth-order valence-corrected chi connectivity index (χ4v) is 11.1. The van der Waals surface area contributed by atoms with E-state index >= 15 is 0 Å². The van der Waals surface area contributed by atoms with Gasteiger partial charge < -0.3 is 13.7 Å². The lowest BCUT2D eigenvalue weighted by Crippen LogP contribution is -2.01. The summed E-state index contributed by atoms with van der Waals surface area (Å²) in [6.45, 7) is 8.68. The van der Waals surface area contributed by atoms with Crippen molar-refractivity contribution in [3.05, 3.63) is 193 Å². The molecule has 60 heavy (non-hydrogen) atoms. The molecule has 13 aromatic rings. The van der Waals surface area contributed by atoms with Crippen molar-refractivity contribution in [1.82, 2.24) is 13.7 Å². The summed E-state index contributed by atoms with van der Waals surface area (Å²) < 4.78 is 9.16. The lowest BCUT2D eigenvalue weighted by molar-refractivity contribution is 1.14. The molecule has 0 bridgehead atoms. The number of para-hydroxylation sites is 3. The summed E-state index contributed by atoms with van der Waals surface area (Å²) >= 11 is 1.78. The van der Waals surface area contributed by atoms with Gasteiger partial charge in [-0.15, -0.1) is 11.3 Å². The van der Waals surface area contributed by atoms with Gasteiger partial charge in [-0.1, -0.05) is 103 Å². The quantitative estimate of drug-likeness (QED) is 0.165. The minimum atomic E-state index is 0.469. The van der Waals surface area contributed by atoms with Crippen LogP contribution in [0.3, 0.4) is 0 Å². The predicted molar refractivity (Wildman–Crippen MR) is 251 cm³/mol. The lowest BCUT2D eigenvalue weighted by Gasteiger charge is -2.16. The molecule has 0 spiro atoms. The van der Waals surface area contributed by atoms with Crippen LogP contribution < -0.4 is 0 Å². The maximum absolute atomic E-state index is 11.0. The number of hydrogen-bond donors (Lipinski definition) is 0. The van der Waals surface area contributed by atoms with E-state index in [0.29, 0.717) is 22.6 Å². The van der Waals surface area contributed by atoms with E-state index in [9.17, 15) is 5.26 Å². The fraction of sp³-hybridized carbons (Fsp3) is 0. The number of nitrogens with zero attached hydrogens (tertiary/aromatic N) is 5. The first-order valence-corrected chi connectivity index (χ1v) is 20.8. The first-order valence-electron chi connectivity index (χ1n) is 19.9. The second-order valence-corrected chi connectivity index (χ2v) is 16.6. The third kappa shape index (κ3) is 4.38. The molecule has 0 aliphatic rings. The van der Waals surface area contributed by atoms with Gasteiger partial charge in [-0.05, 0) is 83.6 Å². The molecule has 0 aliphatic heterocycles. The number of aromatic nitrogens is 3. The molecular formula is C54H29N5S. The number of thiophene rings is 1. The van der Waals surface area contributed by atoms with Crippen molar-refractivity contribution in [2.75, 3.05) is 0 Å². The molecule has 4 heterocycles. The second kappa shape index (κ2) is 12.2. The molecule has 0 radical (unpaired) electrons. The maximum Gasteiger partial charge on any atom is 0.212 e. The van der Waals surface area contributed by atoms with Crippen molar-refractivity contribution in [1.29, 1.82) is 5.26 Å². The van der Waals surface area contributed by atoms with Crippen molar-refractivity contribution in [2.45, 2.75) is 0 Å². The minimum absolute atomic E-state index is 0.469. The second-order valence-electron chi connectivity index (χ2n) is 15.5. The van der Waals surface area contributed by atoms with Crippen molar-refractivity contribution in [2.24, 2.45) is 0 Å². The van der Waals surface area contributed by atoms with E-state index in [1.54, 1.807) is 11.3 Å². The van der Waals surface area contributed by atoms with Crippen LogP contribution in [0.5, 0.6) is 0 Å².